The van der Waals surface area contributed by atoms with E-state index in [0.29, 0.717) is 23.7 Å². The van der Waals surface area contributed by atoms with Crippen LogP contribution in [0.3, 0.4) is 0 Å². The summed E-state index contributed by atoms with van der Waals surface area (Å²) in [6, 6.07) is 18.7. The lowest BCUT2D eigenvalue weighted by Gasteiger charge is -2.34. The summed E-state index contributed by atoms with van der Waals surface area (Å²) in [6.07, 6.45) is 1.04. The number of hydrogen-bond acceptors (Lipinski definition) is 7. The summed E-state index contributed by atoms with van der Waals surface area (Å²) < 4.78 is 45.1. The lowest BCUT2D eigenvalue weighted by Crippen LogP contribution is -2.53. The van der Waals surface area contributed by atoms with Crippen LogP contribution >= 0.6 is 0 Å². The average Bonchev–Trinajstić information content (AvgIpc) is 3.03. The highest BCUT2D eigenvalue weighted by Gasteiger charge is 2.34. The number of rotatable bonds is 15. The van der Waals surface area contributed by atoms with Crippen LogP contribution in [-0.2, 0) is 26.2 Å². The molecule has 11 heteroatoms. The van der Waals surface area contributed by atoms with Gasteiger partial charge < -0.3 is 24.4 Å². The number of benzene rings is 3. The molecular weight excluding hydrogens is 570 g/mol. The largest absolute Gasteiger partial charge is 0.497 e. The Hall–Kier alpha value is -4.25. The van der Waals surface area contributed by atoms with Gasteiger partial charge >= 0.3 is 0 Å². The number of sulfonamides is 1. The zero-order valence-electron chi connectivity index (χ0n) is 25.6. The third-order valence-corrected chi connectivity index (χ3v) is 8.95. The monoisotopic (exact) mass is 611 g/mol. The smallest absolute Gasteiger partial charge is 0.264 e. The fraction of sp³-hybridized carbons (Fsp3) is 0.375. The Morgan fingerprint density at radius 1 is 0.837 bits per heavy atom. The van der Waals surface area contributed by atoms with Gasteiger partial charge in [0.1, 0.15) is 18.3 Å². The average molecular weight is 612 g/mol. The van der Waals surface area contributed by atoms with Crippen molar-refractivity contribution in [3.63, 3.8) is 0 Å². The maximum Gasteiger partial charge on any atom is 0.264 e. The van der Waals surface area contributed by atoms with Gasteiger partial charge in [-0.1, -0.05) is 44.2 Å². The highest BCUT2D eigenvalue weighted by Crippen LogP contribution is 2.34. The predicted molar refractivity (Wildman–Crippen MR) is 166 cm³/mol. The standard InChI is InChI=1S/C32H41N3O7S/c1-7-23(3)33-32(37)28(8-2)34(21-24-14-17-26(40-4)18-15-24)31(36)22-35(43(38,39)27-12-10-9-11-13-27)25-16-19-29(41-5)30(20-25)42-6/h9-20,23,28H,7-8,21-22H2,1-6H3,(H,33,37)/t23-,28+/m1/s1. The van der Waals surface area contributed by atoms with Crippen LogP contribution in [0, 0.1) is 0 Å². The summed E-state index contributed by atoms with van der Waals surface area (Å²) in [5.74, 6) is 0.508. The molecule has 0 radical (unpaired) electrons. The van der Waals surface area contributed by atoms with Crippen LogP contribution in [0.1, 0.15) is 39.2 Å². The maximum atomic E-state index is 14.2. The van der Waals surface area contributed by atoms with Crippen molar-refractivity contribution in [3.05, 3.63) is 78.4 Å². The zero-order chi connectivity index (χ0) is 31.6. The molecule has 43 heavy (non-hydrogen) atoms. The van der Waals surface area contributed by atoms with E-state index in [4.69, 9.17) is 14.2 Å². The molecule has 1 N–H and O–H groups in total. The Labute approximate surface area is 254 Å². The Kier molecular flexibility index (Phi) is 11.8. The molecule has 10 nitrogen and oxygen atoms in total. The summed E-state index contributed by atoms with van der Waals surface area (Å²) in [4.78, 5) is 29.1. The molecule has 0 unspecified atom stereocenters. The fourth-order valence-electron chi connectivity index (χ4n) is 4.52. The minimum Gasteiger partial charge on any atom is -0.497 e. The first-order valence-corrected chi connectivity index (χ1v) is 15.6. The van der Waals surface area contributed by atoms with Crippen molar-refractivity contribution in [2.75, 3.05) is 32.2 Å². The number of hydrogen-bond donors (Lipinski definition) is 1. The molecule has 0 saturated carbocycles. The molecule has 3 aromatic carbocycles. The second kappa shape index (κ2) is 15.3. The SMILES string of the molecule is CC[C@@H](C)NC(=O)[C@H](CC)N(Cc1ccc(OC)cc1)C(=O)CN(c1ccc(OC)c(OC)c1)S(=O)(=O)c1ccccc1. The highest BCUT2D eigenvalue weighted by molar-refractivity contribution is 7.92. The Morgan fingerprint density at radius 2 is 1.49 bits per heavy atom. The molecule has 0 aliphatic heterocycles. The van der Waals surface area contributed by atoms with Gasteiger partial charge in [-0.3, -0.25) is 13.9 Å². The molecule has 0 spiro atoms. The quantitative estimate of drug-likeness (QED) is 0.267. The minimum atomic E-state index is -4.21. The van der Waals surface area contributed by atoms with Gasteiger partial charge in [-0.2, -0.15) is 0 Å². The van der Waals surface area contributed by atoms with Gasteiger partial charge in [0.2, 0.25) is 11.8 Å². The van der Waals surface area contributed by atoms with E-state index in [9.17, 15) is 18.0 Å². The lowest BCUT2D eigenvalue weighted by molar-refractivity contribution is -0.140. The van der Waals surface area contributed by atoms with Crippen LogP contribution in [0.15, 0.2) is 77.7 Å². The van der Waals surface area contributed by atoms with E-state index >= 15 is 0 Å². The van der Waals surface area contributed by atoms with Crippen molar-refractivity contribution in [1.29, 1.82) is 0 Å². The third-order valence-electron chi connectivity index (χ3n) is 7.16. The first-order valence-electron chi connectivity index (χ1n) is 14.1. The number of methoxy groups -OCH3 is 3. The molecule has 0 aromatic heterocycles. The molecule has 0 aliphatic rings. The van der Waals surface area contributed by atoms with Crippen molar-refractivity contribution < 1.29 is 32.2 Å². The normalized spacial score (nSPS) is 12.5. The molecule has 0 fully saturated rings. The molecular formula is C32H41N3O7S. The Bertz CT molecular complexity index is 1460. The van der Waals surface area contributed by atoms with Crippen molar-refractivity contribution in [2.45, 2.75) is 57.1 Å². The van der Waals surface area contributed by atoms with E-state index in [0.717, 1.165) is 16.3 Å². The van der Waals surface area contributed by atoms with Gasteiger partial charge in [0.25, 0.3) is 10.0 Å². The van der Waals surface area contributed by atoms with Gasteiger partial charge in [0.15, 0.2) is 11.5 Å². The van der Waals surface area contributed by atoms with Gasteiger partial charge in [0.05, 0.1) is 31.9 Å². The van der Waals surface area contributed by atoms with Crippen molar-refractivity contribution >= 4 is 27.5 Å². The summed E-state index contributed by atoms with van der Waals surface area (Å²) in [5, 5.41) is 2.97. The van der Waals surface area contributed by atoms with Crippen molar-refractivity contribution in [3.8, 4) is 17.2 Å². The summed E-state index contributed by atoms with van der Waals surface area (Å²) in [5.41, 5.74) is 0.962. The van der Waals surface area contributed by atoms with Crippen LogP contribution in [0.4, 0.5) is 5.69 Å². The first-order chi connectivity index (χ1) is 20.6. The molecule has 0 aliphatic carbocycles. The Morgan fingerprint density at radius 3 is 2.05 bits per heavy atom. The van der Waals surface area contributed by atoms with E-state index < -0.39 is 28.5 Å². The minimum absolute atomic E-state index is 0.0147. The van der Waals surface area contributed by atoms with E-state index in [-0.39, 0.29) is 29.1 Å². The second-order valence-electron chi connectivity index (χ2n) is 9.98. The number of ether oxygens (including phenoxy) is 3. The van der Waals surface area contributed by atoms with Gasteiger partial charge in [-0.25, -0.2) is 8.42 Å². The van der Waals surface area contributed by atoms with Gasteiger partial charge in [0, 0.05) is 18.7 Å². The molecule has 2 atom stereocenters. The molecule has 2 amide bonds. The topological polar surface area (TPSA) is 114 Å². The van der Waals surface area contributed by atoms with Crippen LogP contribution in [-0.4, -0.2) is 65.1 Å². The lowest BCUT2D eigenvalue weighted by atomic mass is 10.1. The highest BCUT2D eigenvalue weighted by atomic mass is 32.2. The van der Waals surface area contributed by atoms with Crippen LogP contribution in [0.25, 0.3) is 0 Å². The van der Waals surface area contributed by atoms with E-state index in [2.05, 4.69) is 5.32 Å². The number of carbonyl (C=O) groups excluding carboxylic acids is 2. The number of nitrogens with one attached hydrogen (secondary N) is 1. The van der Waals surface area contributed by atoms with E-state index in [1.165, 1.54) is 37.3 Å². The molecule has 3 rings (SSSR count). The fourth-order valence-corrected chi connectivity index (χ4v) is 5.94. The van der Waals surface area contributed by atoms with E-state index in [1.807, 2.05) is 32.9 Å². The third kappa shape index (κ3) is 8.19. The predicted octanol–water partition coefficient (Wildman–Crippen LogP) is 4.63. The summed E-state index contributed by atoms with van der Waals surface area (Å²) in [6.45, 7) is 5.20. The molecule has 0 heterocycles. The van der Waals surface area contributed by atoms with E-state index in [1.54, 1.807) is 49.6 Å². The summed E-state index contributed by atoms with van der Waals surface area (Å²) in [7, 11) is 0.274. The molecule has 3 aromatic rings. The second-order valence-corrected chi connectivity index (χ2v) is 11.8. The zero-order valence-corrected chi connectivity index (χ0v) is 26.4. The molecule has 232 valence electrons. The number of nitrogens with zero attached hydrogens (tertiary/aromatic N) is 2. The van der Waals surface area contributed by atoms with Crippen LogP contribution < -0.4 is 23.8 Å². The molecule has 0 bridgehead atoms. The van der Waals surface area contributed by atoms with Crippen molar-refractivity contribution in [1.82, 2.24) is 10.2 Å². The van der Waals surface area contributed by atoms with Crippen molar-refractivity contribution in [2.24, 2.45) is 0 Å². The van der Waals surface area contributed by atoms with Crippen LogP contribution in [0.2, 0.25) is 0 Å². The number of amides is 2. The number of carbonyl (C=O) groups is 2. The first kappa shape index (κ1) is 33.3. The van der Waals surface area contributed by atoms with Crippen LogP contribution in [0.5, 0.6) is 17.2 Å². The number of anilines is 1. The Balaban J connectivity index is 2.10. The van der Waals surface area contributed by atoms with Gasteiger partial charge in [-0.15, -0.1) is 0 Å². The van der Waals surface area contributed by atoms with Gasteiger partial charge in [-0.05, 0) is 61.7 Å². The maximum absolute atomic E-state index is 14.2. The molecule has 0 saturated heterocycles. The summed E-state index contributed by atoms with van der Waals surface area (Å²) >= 11 is 0.